The molecular formula is C9H16N4O2. The molecule has 0 aromatic carbocycles. The average molecular weight is 212 g/mol. The van der Waals surface area contributed by atoms with E-state index in [1.54, 1.807) is 14.0 Å². The molecule has 0 radical (unpaired) electrons. The fraction of sp³-hybridized carbons (Fsp3) is 0.556. The third kappa shape index (κ3) is 2.47. The van der Waals surface area contributed by atoms with Gasteiger partial charge in [0, 0.05) is 7.05 Å². The first-order valence-corrected chi connectivity index (χ1v) is 4.74. The van der Waals surface area contributed by atoms with Gasteiger partial charge in [-0.2, -0.15) is 5.10 Å². The second kappa shape index (κ2) is 4.79. The lowest BCUT2D eigenvalue weighted by Gasteiger charge is -2.06. The number of carbonyl (C=O) groups is 1. The van der Waals surface area contributed by atoms with Crippen molar-refractivity contribution < 1.29 is 9.53 Å². The third-order valence-corrected chi connectivity index (χ3v) is 2.00. The number of rotatable bonds is 5. The number of aryl methyl sites for hydroxylation is 2. The highest BCUT2D eigenvalue weighted by Crippen LogP contribution is 2.20. The summed E-state index contributed by atoms with van der Waals surface area (Å²) in [6, 6.07) is 0. The highest BCUT2D eigenvalue weighted by Gasteiger charge is 2.18. The SMILES string of the molecule is Cc1nn(C)c(OCCCN)c1C(N)=O. The maximum Gasteiger partial charge on any atom is 0.256 e. The van der Waals surface area contributed by atoms with Crippen LogP contribution >= 0.6 is 0 Å². The molecule has 6 heteroatoms. The Hall–Kier alpha value is -1.56. The molecule has 0 unspecified atom stereocenters. The molecule has 1 heterocycles. The van der Waals surface area contributed by atoms with Gasteiger partial charge in [-0.3, -0.25) is 4.79 Å². The van der Waals surface area contributed by atoms with Crippen molar-refractivity contribution in [3.05, 3.63) is 11.3 Å². The predicted molar refractivity (Wildman–Crippen MR) is 55.6 cm³/mol. The molecule has 15 heavy (non-hydrogen) atoms. The smallest absolute Gasteiger partial charge is 0.256 e. The van der Waals surface area contributed by atoms with Crippen LogP contribution in [0.1, 0.15) is 22.5 Å². The van der Waals surface area contributed by atoms with Crippen molar-refractivity contribution in [2.45, 2.75) is 13.3 Å². The van der Waals surface area contributed by atoms with Crippen LogP contribution in [0.15, 0.2) is 0 Å². The van der Waals surface area contributed by atoms with Crippen molar-refractivity contribution in [1.29, 1.82) is 0 Å². The van der Waals surface area contributed by atoms with Gasteiger partial charge in [-0.25, -0.2) is 4.68 Å². The first-order valence-electron chi connectivity index (χ1n) is 4.74. The highest BCUT2D eigenvalue weighted by molar-refractivity contribution is 5.96. The van der Waals surface area contributed by atoms with E-state index in [1.165, 1.54) is 4.68 Å². The maximum absolute atomic E-state index is 11.2. The van der Waals surface area contributed by atoms with Gasteiger partial charge in [0.05, 0.1) is 12.3 Å². The zero-order valence-corrected chi connectivity index (χ0v) is 8.99. The van der Waals surface area contributed by atoms with E-state index in [0.29, 0.717) is 30.3 Å². The quantitative estimate of drug-likeness (QED) is 0.646. The Labute approximate surface area is 88.2 Å². The molecule has 1 amide bonds. The second-order valence-electron chi connectivity index (χ2n) is 3.24. The maximum atomic E-state index is 11.2. The van der Waals surface area contributed by atoms with Crippen molar-refractivity contribution in [1.82, 2.24) is 9.78 Å². The molecule has 0 aliphatic heterocycles. The average Bonchev–Trinajstić information content (AvgIpc) is 2.42. The number of ether oxygens (including phenoxy) is 1. The largest absolute Gasteiger partial charge is 0.477 e. The van der Waals surface area contributed by atoms with Gasteiger partial charge in [0.25, 0.3) is 5.91 Å². The number of aromatic nitrogens is 2. The van der Waals surface area contributed by atoms with Crippen LogP contribution in [-0.2, 0) is 7.05 Å². The molecule has 0 spiro atoms. The Morgan fingerprint density at radius 3 is 2.80 bits per heavy atom. The molecule has 6 nitrogen and oxygen atoms in total. The lowest BCUT2D eigenvalue weighted by Crippen LogP contribution is -2.15. The van der Waals surface area contributed by atoms with E-state index in [2.05, 4.69) is 5.10 Å². The Balaban J connectivity index is 2.89. The molecular weight excluding hydrogens is 196 g/mol. The molecule has 1 aromatic heterocycles. The summed E-state index contributed by atoms with van der Waals surface area (Å²) in [7, 11) is 1.71. The molecule has 4 N–H and O–H groups in total. The number of nitrogens with zero attached hydrogens (tertiary/aromatic N) is 2. The minimum atomic E-state index is -0.525. The van der Waals surface area contributed by atoms with Gasteiger partial charge in [-0.1, -0.05) is 0 Å². The highest BCUT2D eigenvalue weighted by atomic mass is 16.5. The predicted octanol–water partition coefficient (Wildman–Crippen LogP) is -0.445. The lowest BCUT2D eigenvalue weighted by atomic mass is 10.2. The minimum Gasteiger partial charge on any atom is -0.477 e. The van der Waals surface area contributed by atoms with Gasteiger partial charge in [0.1, 0.15) is 5.56 Å². The lowest BCUT2D eigenvalue weighted by molar-refractivity contribution is 0.0995. The molecule has 0 atom stereocenters. The van der Waals surface area contributed by atoms with Crippen molar-refractivity contribution >= 4 is 5.91 Å². The summed E-state index contributed by atoms with van der Waals surface area (Å²) in [4.78, 5) is 11.2. The van der Waals surface area contributed by atoms with E-state index in [9.17, 15) is 4.79 Å². The number of amides is 1. The van der Waals surface area contributed by atoms with E-state index in [1.807, 2.05) is 0 Å². The fourth-order valence-corrected chi connectivity index (χ4v) is 1.34. The summed E-state index contributed by atoms with van der Waals surface area (Å²) in [5.74, 6) is -0.114. The molecule has 0 saturated carbocycles. The van der Waals surface area contributed by atoms with E-state index in [-0.39, 0.29) is 0 Å². The number of carbonyl (C=O) groups excluding carboxylic acids is 1. The van der Waals surface area contributed by atoms with Gasteiger partial charge < -0.3 is 16.2 Å². The fourth-order valence-electron chi connectivity index (χ4n) is 1.34. The van der Waals surface area contributed by atoms with Crippen LogP contribution in [0.2, 0.25) is 0 Å². The Morgan fingerprint density at radius 1 is 1.60 bits per heavy atom. The summed E-state index contributed by atoms with van der Waals surface area (Å²) in [6.07, 6.45) is 0.725. The van der Waals surface area contributed by atoms with E-state index >= 15 is 0 Å². The van der Waals surface area contributed by atoms with Crippen LogP contribution < -0.4 is 16.2 Å². The second-order valence-corrected chi connectivity index (χ2v) is 3.24. The van der Waals surface area contributed by atoms with E-state index in [4.69, 9.17) is 16.2 Å². The summed E-state index contributed by atoms with van der Waals surface area (Å²) in [5.41, 5.74) is 11.5. The Kier molecular flexibility index (Phi) is 3.68. The minimum absolute atomic E-state index is 0.342. The zero-order chi connectivity index (χ0) is 11.4. The molecule has 0 saturated heterocycles. The van der Waals surface area contributed by atoms with Gasteiger partial charge >= 0.3 is 0 Å². The zero-order valence-electron chi connectivity index (χ0n) is 8.99. The first kappa shape index (κ1) is 11.5. The number of hydrogen-bond donors (Lipinski definition) is 2. The first-order chi connectivity index (χ1) is 7.07. The molecule has 0 fully saturated rings. The summed E-state index contributed by atoms with van der Waals surface area (Å²) < 4.78 is 6.92. The Bertz CT molecular complexity index is 359. The van der Waals surface area contributed by atoms with Crippen molar-refractivity contribution in [2.75, 3.05) is 13.2 Å². The van der Waals surface area contributed by atoms with E-state index < -0.39 is 5.91 Å². The normalized spacial score (nSPS) is 10.3. The molecule has 1 rings (SSSR count). The third-order valence-electron chi connectivity index (χ3n) is 2.00. The topological polar surface area (TPSA) is 96.2 Å². The van der Waals surface area contributed by atoms with Crippen molar-refractivity contribution in [3.8, 4) is 5.88 Å². The molecule has 0 aliphatic carbocycles. The van der Waals surface area contributed by atoms with Crippen LogP contribution in [0.5, 0.6) is 5.88 Å². The van der Waals surface area contributed by atoms with Gasteiger partial charge in [-0.15, -0.1) is 0 Å². The van der Waals surface area contributed by atoms with Crippen LogP contribution in [-0.4, -0.2) is 28.8 Å². The van der Waals surface area contributed by atoms with Gasteiger partial charge in [-0.05, 0) is 19.9 Å². The summed E-state index contributed by atoms with van der Waals surface area (Å²) in [6.45, 7) is 2.72. The van der Waals surface area contributed by atoms with Crippen molar-refractivity contribution in [2.24, 2.45) is 18.5 Å². The molecule has 1 aromatic rings. The van der Waals surface area contributed by atoms with Gasteiger partial charge in [0.15, 0.2) is 0 Å². The van der Waals surface area contributed by atoms with Crippen LogP contribution in [0.3, 0.4) is 0 Å². The van der Waals surface area contributed by atoms with E-state index in [0.717, 1.165) is 6.42 Å². The standard InChI is InChI=1S/C9H16N4O2/c1-6-7(8(11)14)9(13(2)12-6)15-5-3-4-10/h3-5,10H2,1-2H3,(H2,11,14). The number of nitrogens with two attached hydrogens (primary N) is 2. The molecule has 0 bridgehead atoms. The van der Waals surface area contributed by atoms with Crippen molar-refractivity contribution in [3.63, 3.8) is 0 Å². The number of primary amides is 1. The summed E-state index contributed by atoms with van der Waals surface area (Å²) >= 11 is 0. The van der Waals surface area contributed by atoms with Crippen LogP contribution in [0.25, 0.3) is 0 Å². The van der Waals surface area contributed by atoms with Crippen LogP contribution in [0, 0.1) is 6.92 Å². The number of hydrogen-bond acceptors (Lipinski definition) is 4. The van der Waals surface area contributed by atoms with Gasteiger partial charge in [0.2, 0.25) is 5.88 Å². The Morgan fingerprint density at radius 2 is 2.27 bits per heavy atom. The van der Waals surface area contributed by atoms with Crippen LogP contribution in [0.4, 0.5) is 0 Å². The monoisotopic (exact) mass is 212 g/mol. The molecule has 84 valence electrons. The summed E-state index contributed by atoms with van der Waals surface area (Å²) in [5, 5.41) is 4.07. The molecule has 0 aliphatic rings.